The van der Waals surface area contributed by atoms with Gasteiger partial charge >= 0.3 is 0 Å². The molecule has 0 aromatic heterocycles. The van der Waals surface area contributed by atoms with E-state index in [9.17, 15) is 4.79 Å². The van der Waals surface area contributed by atoms with E-state index in [0.29, 0.717) is 5.56 Å². The van der Waals surface area contributed by atoms with Gasteiger partial charge < -0.3 is 10.2 Å². The van der Waals surface area contributed by atoms with E-state index in [1.165, 1.54) is 0 Å². The van der Waals surface area contributed by atoms with Crippen LogP contribution in [0.1, 0.15) is 18.9 Å². The van der Waals surface area contributed by atoms with Gasteiger partial charge in [-0.15, -0.1) is 0 Å². The van der Waals surface area contributed by atoms with Gasteiger partial charge in [0, 0.05) is 25.8 Å². The Hall–Kier alpha value is -2.02. The van der Waals surface area contributed by atoms with Crippen LogP contribution in [0.4, 0.5) is 5.69 Å². The van der Waals surface area contributed by atoms with Gasteiger partial charge in [-0.25, -0.2) is 0 Å². The van der Waals surface area contributed by atoms with Crippen molar-refractivity contribution in [1.82, 2.24) is 5.32 Å². The first kappa shape index (κ1) is 12.4. The largest absolute Gasteiger partial charge is 0.370 e. The first-order valence-corrected chi connectivity index (χ1v) is 6.06. The molecule has 1 aromatic carbocycles. The van der Waals surface area contributed by atoms with Crippen molar-refractivity contribution in [1.29, 1.82) is 5.26 Å². The molecule has 0 radical (unpaired) electrons. The lowest BCUT2D eigenvalue weighted by atomic mass is 9.89. The monoisotopic (exact) mass is 243 g/mol. The Morgan fingerprint density at radius 3 is 2.67 bits per heavy atom. The summed E-state index contributed by atoms with van der Waals surface area (Å²) >= 11 is 0. The van der Waals surface area contributed by atoms with E-state index in [0.717, 1.165) is 25.2 Å². The highest BCUT2D eigenvalue weighted by molar-refractivity contribution is 5.83. The molecule has 0 aliphatic carbocycles. The van der Waals surface area contributed by atoms with Gasteiger partial charge in [0.1, 0.15) is 0 Å². The molecule has 1 aliphatic rings. The number of hydrogen-bond acceptors (Lipinski definition) is 3. The molecule has 0 spiro atoms. The van der Waals surface area contributed by atoms with Crippen LogP contribution in [0.25, 0.3) is 0 Å². The molecule has 0 saturated carbocycles. The summed E-state index contributed by atoms with van der Waals surface area (Å²) in [6, 6.07) is 9.60. The van der Waals surface area contributed by atoms with Crippen molar-refractivity contribution in [3.05, 3.63) is 29.8 Å². The zero-order chi connectivity index (χ0) is 13.2. The Kier molecular flexibility index (Phi) is 3.24. The van der Waals surface area contributed by atoms with Crippen LogP contribution < -0.4 is 10.2 Å². The van der Waals surface area contributed by atoms with Crippen LogP contribution in [0.2, 0.25) is 0 Å². The molecule has 1 aliphatic heterocycles. The summed E-state index contributed by atoms with van der Waals surface area (Å²) in [5, 5.41) is 11.5. The number of carbonyl (C=O) groups is 1. The molecule has 1 N–H and O–H groups in total. The minimum absolute atomic E-state index is 0.0960. The van der Waals surface area contributed by atoms with Gasteiger partial charge in [-0.3, -0.25) is 4.79 Å². The first-order valence-electron chi connectivity index (χ1n) is 6.06. The van der Waals surface area contributed by atoms with Crippen LogP contribution in [0.15, 0.2) is 24.3 Å². The molecule has 1 fully saturated rings. The number of nitriles is 1. The van der Waals surface area contributed by atoms with E-state index in [1.807, 2.05) is 31.2 Å². The van der Waals surface area contributed by atoms with Gasteiger partial charge in [-0.05, 0) is 37.6 Å². The third kappa shape index (κ3) is 2.17. The molecule has 94 valence electrons. The van der Waals surface area contributed by atoms with E-state index >= 15 is 0 Å². The summed E-state index contributed by atoms with van der Waals surface area (Å²) in [6.07, 6.45) is 0.854. The molecule has 4 nitrogen and oxygen atoms in total. The molecule has 1 aromatic rings. The predicted octanol–water partition coefficient (Wildman–Crippen LogP) is 1.52. The van der Waals surface area contributed by atoms with E-state index in [1.54, 1.807) is 7.05 Å². The molecular weight excluding hydrogens is 226 g/mol. The third-order valence-electron chi connectivity index (χ3n) is 3.61. The summed E-state index contributed by atoms with van der Waals surface area (Å²) in [7, 11) is 1.68. The average Bonchev–Trinajstić information content (AvgIpc) is 2.82. The van der Waals surface area contributed by atoms with Crippen molar-refractivity contribution in [2.75, 3.05) is 25.0 Å². The van der Waals surface area contributed by atoms with Crippen LogP contribution in [0, 0.1) is 16.7 Å². The van der Waals surface area contributed by atoms with Crippen molar-refractivity contribution in [3.63, 3.8) is 0 Å². The Balaban J connectivity index is 2.13. The van der Waals surface area contributed by atoms with Crippen LogP contribution in [0.3, 0.4) is 0 Å². The lowest BCUT2D eigenvalue weighted by Gasteiger charge is -2.23. The van der Waals surface area contributed by atoms with E-state index < -0.39 is 0 Å². The molecular formula is C14H17N3O. The second kappa shape index (κ2) is 4.69. The summed E-state index contributed by atoms with van der Waals surface area (Å²) in [5.41, 5.74) is 1.41. The molecule has 4 heteroatoms. The van der Waals surface area contributed by atoms with Crippen molar-refractivity contribution in [3.8, 4) is 6.07 Å². The summed E-state index contributed by atoms with van der Waals surface area (Å²) < 4.78 is 0. The highest BCUT2D eigenvalue weighted by Gasteiger charge is 2.39. The first-order chi connectivity index (χ1) is 8.59. The SMILES string of the molecule is CNC(=O)C1(C)CCN(c2ccc(C#N)cc2)C1. The summed E-state index contributed by atoms with van der Waals surface area (Å²) in [4.78, 5) is 14.0. The maximum atomic E-state index is 11.8. The van der Waals surface area contributed by atoms with E-state index in [4.69, 9.17) is 5.26 Å². The molecule has 1 amide bonds. The second-order valence-corrected chi connectivity index (χ2v) is 4.97. The van der Waals surface area contributed by atoms with Crippen LogP contribution in [0.5, 0.6) is 0 Å². The van der Waals surface area contributed by atoms with Crippen molar-refractivity contribution in [2.45, 2.75) is 13.3 Å². The standard InChI is InChI=1S/C14H17N3O/c1-14(13(18)16-2)7-8-17(10-14)12-5-3-11(9-15)4-6-12/h3-6H,7-8,10H2,1-2H3,(H,16,18). The number of nitrogens with zero attached hydrogens (tertiary/aromatic N) is 2. The lowest BCUT2D eigenvalue weighted by Crippen LogP contribution is -2.39. The highest BCUT2D eigenvalue weighted by atomic mass is 16.2. The van der Waals surface area contributed by atoms with E-state index in [-0.39, 0.29) is 11.3 Å². The maximum absolute atomic E-state index is 11.8. The lowest BCUT2D eigenvalue weighted by molar-refractivity contribution is -0.128. The van der Waals surface area contributed by atoms with Crippen LogP contribution in [-0.4, -0.2) is 26.0 Å². The summed E-state index contributed by atoms with van der Waals surface area (Å²) in [5.74, 6) is 0.0960. The number of carbonyl (C=O) groups excluding carboxylic acids is 1. The quantitative estimate of drug-likeness (QED) is 0.856. The van der Waals surface area contributed by atoms with Gasteiger partial charge in [-0.1, -0.05) is 0 Å². The number of benzene rings is 1. The number of hydrogen-bond donors (Lipinski definition) is 1. The van der Waals surface area contributed by atoms with Gasteiger partial charge in [0.15, 0.2) is 0 Å². The average molecular weight is 243 g/mol. The van der Waals surface area contributed by atoms with Crippen LogP contribution >= 0.6 is 0 Å². The topological polar surface area (TPSA) is 56.1 Å². The maximum Gasteiger partial charge on any atom is 0.227 e. The fourth-order valence-corrected chi connectivity index (χ4v) is 2.42. The number of amides is 1. The highest BCUT2D eigenvalue weighted by Crippen LogP contribution is 2.33. The van der Waals surface area contributed by atoms with Gasteiger partial charge in [0.2, 0.25) is 5.91 Å². The second-order valence-electron chi connectivity index (χ2n) is 4.97. The molecule has 2 rings (SSSR count). The van der Waals surface area contributed by atoms with Gasteiger partial charge in [0.05, 0.1) is 17.0 Å². The Bertz CT molecular complexity index is 489. The summed E-state index contributed by atoms with van der Waals surface area (Å²) in [6.45, 7) is 3.59. The molecule has 1 heterocycles. The Labute approximate surface area is 107 Å². The van der Waals surface area contributed by atoms with Crippen molar-refractivity contribution < 1.29 is 4.79 Å². The van der Waals surface area contributed by atoms with Crippen molar-refractivity contribution >= 4 is 11.6 Å². The molecule has 1 unspecified atom stereocenters. The minimum atomic E-state index is -0.317. The zero-order valence-corrected chi connectivity index (χ0v) is 10.7. The predicted molar refractivity (Wildman–Crippen MR) is 70.2 cm³/mol. The number of nitrogens with one attached hydrogen (secondary N) is 1. The molecule has 1 atom stereocenters. The van der Waals surface area contributed by atoms with E-state index in [2.05, 4.69) is 16.3 Å². The molecule has 18 heavy (non-hydrogen) atoms. The fraction of sp³-hybridized carbons (Fsp3) is 0.429. The fourth-order valence-electron chi connectivity index (χ4n) is 2.42. The molecule has 0 bridgehead atoms. The zero-order valence-electron chi connectivity index (χ0n) is 10.7. The molecule has 1 saturated heterocycles. The normalized spacial score (nSPS) is 22.6. The van der Waals surface area contributed by atoms with Gasteiger partial charge in [-0.2, -0.15) is 5.26 Å². The smallest absolute Gasteiger partial charge is 0.227 e. The Morgan fingerprint density at radius 1 is 1.44 bits per heavy atom. The number of rotatable bonds is 2. The Morgan fingerprint density at radius 2 is 2.11 bits per heavy atom. The van der Waals surface area contributed by atoms with Crippen molar-refractivity contribution in [2.24, 2.45) is 5.41 Å². The third-order valence-corrected chi connectivity index (χ3v) is 3.61. The number of anilines is 1. The minimum Gasteiger partial charge on any atom is -0.370 e. The van der Waals surface area contributed by atoms with Crippen LogP contribution in [-0.2, 0) is 4.79 Å². The van der Waals surface area contributed by atoms with Gasteiger partial charge in [0.25, 0.3) is 0 Å².